The van der Waals surface area contributed by atoms with Crippen LogP contribution in [-0.2, 0) is 4.74 Å². The second-order valence-corrected chi connectivity index (χ2v) is 6.88. The Labute approximate surface area is 149 Å². The lowest BCUT2D eigenvalue weighted by molar-refractivity contribution is 0.0968. The molecule has 1 saturated heterocycles. The van der Waals surface area contributed by atoms with E-state index in [-0.39, 0.29) is 11.4 Å². The lowest BCUT2D eigenvalue weighted by Gasteiger charge is -2.20. The molecule has 2 nitrogen and oxygen atoms in total. The van der Waals surface area contributed by atoms with Gasteiger partial charge < -0.3 is 10.1 Å². The molecule has 0 spiro atoms. The average molecular weight is 340 g/mol. The zero-order valence-electron chi connectivity index (χ0n) is 16.5. The summed E-state index contributed by atoms with van der Waals surface area (Å²) in [7, 11) is 0. The molecule has 0 aromatic heterocycles. The first-order valence-electron chi connectivity index (χ1n) is 9.50. The minimum absolute atomic E-state index is 0.0436. The number of ether oxygens (including phenoxy) is 1. The Balaban J connectivity index is 0.000000547. The highest BCUT2D eigenvalue weighted by Crippen LogP contribution is 2.15. The SMILES string of the molecule is C1CCOCC1.CC.CC(C)(C)NCCC1=CC/C=C\C/C(F)=C\1. The lowest BCUT2D eigenvalue weighted by Crippen LogP contribution is -2.36. The highest BCUT2D eigenvalue weighted by Gasteiger charge is 2.08. The summed E-state index contributed by atoms with van der Waals surface area (Å²) in [6, 6.07) is 0. The van der Waals surface area contributed by atoms with Crippen LogP contribution in [0, 0.1) is 0 Å². The molecule has 1 aliphatic carbocycles. The smallest absolute Gasteiger partial charge is 0.104 e. The Morgan fingerprint density at radius 1 is 1.08 bits per heavy atom. The maximum atomic E-state index is 13.3. The molecular weight excluding hydrogens is 301 g/mol. The predicted octanol–water partition coefficient (Wildman–Crippen LogP) is 6.11. The summed E-state index contributed by atoms with van der Waals surface area (Å²) < 4.78 is 18.4. The molecule has 24 heavy (non-hydrogen) atoms. The summed E-state index contributed by atoms with van der Waals surface area (Å²) >= 11 is 0. The third kappa shape index (κ3) is 14.6. The van der Waals surface area contributed by atoms with Crippen molar-refractivity contribution in [2.75, 3.05) is 19.8 Å². The molecule has 0 amide bonds. The van der Waals surface area contributed by atoms with Gasteiger partial charge in [-0.1, -0.05) is 32.1 Å². The quantitative estimate of drug-likeness (QED) is 0.627. The zero-order chi connectivity index (χ0) is 18.3. The third-order valence-electron chi connectivity index (χ3n) is 3.48. The highest BCUT2D eigenvalue weighted by atomic mass is 19.1. The van der Waals surface area contributed by atoms with Gasteiger partial charge in [0.25, 0.3) is 0 Å². The first-order chi connectivity index (χ1) is 11.5. The van der Waals surface area contributed by atoms with Crippen molar-refractivity contribution in [2.24, 2.45) is 0 Å². The Morgan fingerprint density at radius 2 is 1.75 bits per heavy atom. The van der Waals surface area contributed by atoms with Gasteiger partial charge in [0.1, 0.15) is 5.83 Å². The fraction of sp³-hybridized carbons (Fsp3) is 0.714. The van der Waals surface area contributed by atoms with Crippen LogP contribution in [0.3, 0.4) is 0 Å². The van der Waals surface area contributed by atoms with Crippen molar-refractivity contribution >= 4 is 0 Å². The molecule has 0 atom stereocenters. The minimum Gasteiger partial charge on any atom is -0.381 e. The summed E-state index contributed by atoms with van der Waals surface area (Å²) in [6.45, 7) is 13.3. The van der Waals surface area contributed by atoms with E-state index in [1.54, 1.807) is 6.08 Å². The minimum atomic E-state index is -0.0436. The zero-order valence-corrected chi connectivity index (χ0v) is 16.5. The number of nitrogens with one attached hydrogen (secondary N) is 1. The number of rotatable bonds is 3. The molecule has 3 heteroatoms. The molecule has 1 fully saturated rings. The van der Waals surface area contributed by atoms with E-state index in [1.807, 2.05) is 26.0 Å². The van der Waals surface area contributed by atoms with E-state index in [0.29, 0.717) is 6.42 Å². The normalized spacial score (nSPS) is 21.4. The number of hydrogen-bond donors (Lipinski definition) is 1. The van der Waals surface area contributed by atoms with Gasteiger partial charge in [-0.25, -0.2) is 4.39 Å². The van der Waals surface area contributed by atoms with Crippen molar-refractivity contribution in [1.82, 2.24) is 5.32 Å². The molecule has 0 unspecified atom stereocenters. The maximum Gasteiger partial charge on any atom is 0.104 e. The lowest BCUT2D eigenvalue weighted by atomic mass is 10.1. The third-order valence-corrected chi connectivity index (χ3v) is 3.48. The van der Waals surface area contributed by atoms with Gasteiger partial charge >= 0.3 is 0 Å². The van der Waals surface area contributed by atoms with Gasteiger partial charge in [0.2, 0.25) is 0 Å². The monoisotopic (exact) mass is 339 g/mol. The fourth-order valence-electron chi connectivity index (χ4n) is 2.27. The molecule has 2 rings (SSSR count). The largest absolute Gasteiger partial charge is 0.381 e. The van der Waals surface area contributed by atoms with Crippen molar-refractivity contribution in [3.8, 4) is 0 Å². The molecule has 2 aliphatic rings. The topological polar surface area (TPSA) is 21.3 Å². The van der Waals surface area contributed by atoms with Crippen LogP contribution >= 0.6 is 0 Å². The first kappa shape index (κ1) is 23.1. The van der Waals surface area contributed by atoms with Crippen LogP contribution in [0.2, 0.25) is 0 Å². The Morgan fingerprint density at radius 3 is 2.25 bits per heavy atom. The molecular formula is C21H38FNO. The summed E-state index contributed by atoms with van der Waals surface area (Å²) in [6.07, 6.45) is 13.8. The molecule has 1 N–H and O–H groups in total. The first-order valence-corrected chi connectivity index (χ1v) is 9.50. The molecule has 1 heterocycles. The van der Waals surface area contributed by atoms with E-state index in [1.165, 1.54) is 19.3 Å². The van der Waals surface area contributed by atoms with Crippen molar-refractivity contribution < 1.29 is 9.13 Å². The Bertz CT molecular complexity index is 376. The molecule has 0 aromatic rings. The number of allylic oxidation sites excluding steroid dienone is 5. The summed E-state index contributed by atoms with van der Waals surface area (Å²) in [4.78, 5) is 0. The van der Waals surface area contributed by atoms with Gasteiger partial charge in [-0.05, 0) is 71.1 Å². The van der Waals surface area contributed by atoms with Crippen LogP contribution in [0.4, 0.5) is 4.39 Å². The summed E-state index contributed by atoms with van der Waals surface area (Å²) in [5.74, 6) is -0.0436. The maximum absolute atomic E-state index is 13.3. The molecule has 0 bridgehead atoms. The van der Waals surface area contributed by atoms with E-state index in [0.717, 1.165) is 38.2 Å². The Hall–Kier alpha value is -0.930. The van der Waals surface area contributed by atoms with Crippen LogP contribution in [0.25, 0.3) is 0 Å². The van der Waals surface area contributed by atoms with E-state index in [4.69, 9.17) is 4.74 Å². The van der Waals surface area contributed by atoms with Crippen LogP contribution < -0.4 is 5.32 Å². The Kier molecular flexibility index (Phi) is 13.9. The number of hydrogen-bond acceptors (Lipinski definition) is 2. The van der Waals surface area contributed by atoms with Crippen LogP contribution in [0.1, 0.15) is 73.1 Å². The van der Waals surface area contributed by atoms with Gasteiger partial charge in [0, 0.05) is 25.2 Å². The predicted molar refractivity (Wildman–Crippen MR) is 104 cm³/mol. The molecule has 1 aliphatic heterocycles. The van der Waals surface area contributed by atoms with Gasteiger partial charge in [0.05, 0.1) is 0 Å². The van der Waals surface area contributed by atoms with Gasteiger partial charge in [-0.3, -0.25) is 0 Å². The van der Waals surface area contributed by atoms with E-state index >= 15 is 0 Å². The van der Waals surface area contributed by atoms with Gasteiger partial charge in [-0.2, -0.15) is 0 Å². The second-order valence-electron chi connectivity index (χ2n) is 6.88. The van der Waals surface area contributed by atoms with Crippen LogP contribution in [0.5, 0.6) is 0 Å². The van der Waals surface area contributed by atoms with Crippen molar-refractivity contribution in [3.05, 3.63) is 35.7 Å². The van der Waals surface area contributed by atoms with Crippen LogP contribution in [0.15, 0.2) is 35.7 Å². The van der Waals surface area contributed by atoms with Crippen molar-refractivity contribution in [2.45, 2.75) is 78.7 Å². The molecule has 140 valence electrons. The molecule has 0 radical (unpaired) electrons. The number of halogens is 1. The standard InChI is InChI=1S/C14H22FN.C5H10O.C2H6/c1-14(2,3)16-10-9-12-7-5-4-6-8-13(15)11-12;1-2-4-6-5-3-1;1-2/h4,6-7,11,16H,5,8-10H2,1-3H3;1-5H2;1-2H3/b6-4-,12-7?,13-11+;;. The highest BCUT2D eigenvalue weighted by molar-refractivity contribution is 5.25. The fourth-order valence-corrected chi connectivity index (χ4v) is 2.27. The average Bonchev–Trinajstić information content (AvgIpc) is 2.55. The second kappa shape index (κ2) is 14.4. The molecule has 0 saturated carbocycles. The van der Waals surface area contributed by atoms with E-state index < -0.39 is 0 Å². The van der Waals surface area contributed by atoms with Crippen molar-refractivity contribution in [1.29, 1.82) is 0 Å². The summed E-state index contributed by atoms with van der Waals surface area (Å²) in [5, 5.41) is 3.41. The van der Waals surface area contributed by atoms with Crippen molar-refractivity contribution in [3.63, 3.8) is 0 Å². The van der Waals surface area contributed by atoms with Crippen LogP contribution in [-0.4, -0.2) is 25.3 Å². The summed E-state index contributed by atoms with van der Waals surface area (Å²) in [5.41, 5.74) is 1.23. The van der Waals surface area contributed by atoms with E-state index in [2.05, 4.69) is 32.2 Å². The van der Waals surface area contributed by atoms with E-state index in [9.17, 15) is 4.39 Å². The molecule has 0 aromatic carbocycles. The van der Waals surface area contributed by atoms with Gasteiger partial charge in [-0.15, -0.1) is 0 Å². The van der Waals surface area contributed by atoms with Gasteiger partial charge in [0.15, 0.2) is 0 Å².